The minimum atomic E-state index is -0.330. The van der Waals surface area contributed by atoms with Crippen molar-refractivity contribution in [2.24, 2.45) is 0 Å². The minimum absolute atomic E-state index is 0.0634. The summed E-state index contributed by atoms with van der Waals surface area (Å²) in [6, 6.07) is 11.3. The molecule has 2 amide bonds. The zero-order valence-electron chi connectivity index (χ0n) is 13.4. The Bertz CT molecular complexity index is 700. The molecule has 0 bridgehead atoms. The van der Waals surface area contributed by atoms with Crippen molar-refractivity contribution in [3.05, 3.63) is 54.8 Å². The predicted octanol–water partition coefficient (Wildman–Crippen LogP) is 2.73. The monoisotopic (exact) mass is 345 g/mol. The van der Waals surface area contributed by atoms with Crippen LogP contribution in [0.15, 0.2) is 58.5 Å². The molecule has 24 heavy (non-hydrogen) atoms. The molecule has 0 aliphatic heterocycles. The third kappa shape index (κ3) is 5.58. The molecule has 0 aliphatic carbocycles. The van der Waals surface area contributed by atoms with Crippen LogP contribution >= 0.6 is 11.8 Å². The van der Waals surface area contributed by atoms with E-state index in [0.717, 1.165) is 4.90 Å². The van der Waals surface area contributed by atoms with E-state index in [-0.39, 0.29) is 24.1 Å². The molecule has 0 unspecified atom stereocenters. The molecule has 7 heteroatoms. The number of carbonyl (C=O) groups is 2. The summed E-state index contributed by atoms with van der Waals surface area (Å²) in [4.78, 5) is 26.9. The van der Waals surface area contributed by atoms with Gasteiger partial charge in [0.05, 0.1) is 5.75 Å². The van der Waals surface area contributed by atoms with E-state index >= 15 is 0 Å². The second kappa shape index (κ2) is 8.93. The van der Waals surface area contributed by atoms with Crippen molar-refractivity contribution in [1.82, 2.24) is 10.1 Å². The zero-order valence-corrected chi connectivity index (χ0v) is 14.2. The number of benzene rings is 1. The van der Waals surface area contributed by atoms with Gasteiger partial charge in [-0.05, 0) is 19.1 Å². The summed E-state index contributed by atoms with van der Waals surface area (Å²) in [6.45, 7) is 5.61. The molecule has 126 valence electrons. The normalized spacial score (nSPS) is 10.2. The molecular formula is C17H19N3O3S. The number of nitrogens with one attached hydrogen (secondary N) is 1. The molecular weight excluding hydrogens is 326 g/mol. The first-order chi connectivity index (χ1) is 11.6. The Morgan fingerprint density at radius 3 is 2.75 bits per heavy atom. The lowest BCUT2D eigenvalue weighted by atomic mass is 10.4. The van der Waals surface area contributed by atoms with Gasteiger partial charge in [0, 0.05) is 17.5 Å². The van der Waals surface area contributed by atoms with Crippen molar-refractivity contribution in [3.63, 3.8) is 0 Å². The Hall–Kier alpha value is -2.54. The van der Waals surface area contributed by atoms with Crippen molar-refractivity contribution in [2.75, 3.05) is 24.2 Å². The van der Waals surface area contributed by atoms with E-state index in [9.17, 15) is 9.59 Å². The van der Waals surface area contributed by atoms with Crippen molar-refractivity contribution in [1.29, 1.82) is 0 Å². The molecule has 1 heterocycles. The summed E-state index contributed by atoms with van der Waals surface area (Å²) >= 11 is 1.43. The fourth-order valence-corrected chi connectivity index (χ4v) is 2.77. The number of amides is 2. The van der Waals surface area contributed by atoms with Gasteiger partial charge in [-0.15, -0.1) is 18.3 Å². The van der Waals surface area contributed by atoms with Gasteiger partial charge in [0.15, 0.2) is 5.82 Å². The van der Waals surface area contributed by atoms with Crippen molar-refractivity contribution >= 4 is 29.4 Å². The van der Waals surface area contributed by atoms with E-state index in [1.165, 1.54) is 16.7 Å². The van der Waals surface area contributed by atoms with E-state index in [2.05, 4.69) is 17.1 Å². The van der Waals surface area contributed by atoms with Crippen LogP contribution in [0.4, 0.5) is 5.82 Å². The standard InChI is InChI=1S/C17H19N3O3S/c1-3-9-20(11-16(21)18-15-10-13(2)23-19-15)17(22)12-24-14-7-5-4-6-8-14/h3-8,10H,1,9,11-12H2,2H3,(H,18,19,21). The predicted molar refractivity (Wildman–Crippen MR) is 93.8 cm³/mol. The van der Waals surface area contributed by atoms with E-state index in [4.69, 9.17) is 4.52 Å². The van der Waals surface area contributed by atoms with Crippen LogP contribution < -0.4 is 5.32 Å². The average molecular weight is 345 g/mol. The maximum atomic E-state index is 12.3. The number of rotatable bonds is 8. The number of anilines is 1. The van der Waals surface area contributed by atoms with Gasteiger partial charge in [0.2, 0.25) is 11.8 Å². The Balaban J connectivity index is 1.88. The Kier molecular flexibility index (Phi) is 6.62. The molecule has 0 fully saturated rings. The lowest BCUT2D eigenvalue weighted by molar-refractivity contribution is -0.131. The molecule has 2 rings (SSSR count). The third-order valence-electron chi connectivity index (χ3n) is 3.04. The summed E-state index contributed by atoms with van der Waals surface area (Å²) in [5, 5.41) is 6.30. The van der Waals surface area contributed by atoms with Crippen LogP contribution in [0.1, 0.15) is 5.76 Å². The summed E-state index contributed by atoms with van der Waals surface area (Å²) in [5.74, 6) is 0.734. The van der Waals surface area contributed by atoms with Gasteiger partial charge >= 0.3 is 0 Å². The van der Waals surface area contributed by atoms with E-state index < -0.39 is 0 Å². The molecule has 0 saturated heterocycles. The zero-order chi connectivity index (χ0) is 17.4. The van der Waals surface area contributed by atoms with Crippen LogP contribution in [0.5, 0.6) is 0 Å². The minimum Gasteiger partial charge on any atom is -0.360 e. The second-order valence-electron chi connectivity index (χ2n) is 5.04. The molecule has 1 aromatic heterocycles. The first-order valence-electron chi connectivity index (χ1n) is 7.38. The largest absolute Gasteiger partial charge is 0.360 e. The SMILES string of the molecule is C=CCN(CC(=O)Nc1cc(C)on1)C(=O)CSc1ccccc1. The first-order valence-corrected chi connectivity index (χ1v) is 8.36. The van der Waals surface area contributed by atoms with Gasteiger partial charge in [0.25, 0.3) is 0 Å². The summed E-state index contributed by atoms with van der Waals surface area (Å²) < 4.78 is 4.89. The van der Waals surface area contributed by atoms with Crippen molar-refractivity contribution in [3.8, 4) is 0 Å². The molecule has 0 atom stereocenters. The van der Waals surface area contributed by atoms with E-state index in [0.29, 0.717) is 18.1 Å². The van der Waals surface area contributed by atoms with Gasteiger partial charge in [-0.2, -0.15) is 0 Å². The number of aryl methyl sites for hydroxylation is 1. The van der Waals surface area contributed by atoms with Gasteiger partial charge in [-0.25, -0.2) is 0 Å². The number of thioether (sulfide) groups is 1. The number of carbonyl (C=O) groups excluding carboxylic acids is 2. The molecule has 0 radical (unpaired) electrons. The summed E-state index contributed by atoms with van der Waals surface area (Å²) in [5.41, 5.74) is 0. The number of hydrogen-bond donors (Lipinski definition) is 1. The Morgan fingerprint density at radius 1 is 1.38 bits per heavy atom. The number of hydrogen-bond acceptors (Lipinski definition) is 5. The van der Waals surface area contributed by atoms with E-state index in [1.807, 2.05) is 30.3 Å². The maximum Gasteiger partial charge on any atom is 0.245 e. The van der Waals surface area contributed by atoms with Gasteiger partial charge in [0.1, 0.15) is 12.3 Å². The van der Waals surface area contributed by atoms with Crippen molar-refractivity contribution < 1.29 is 14.1 Å². The van der Waals surface area contributed by atoms with Crippen LogP contribution in [0, 0.1) is 6.92 Å². The molecule has 0 aliphatic rings. The quantitative estimate of drug-likeness (QED) is 0.588. The van der Waals surface area contributed by atoms with Crippen LogP contribution in [-0.4, -0.2) is 40.7 Å². The highest BCUT2D eigenvalue weighted by atomic mass is 32.2. The Labute approximate surface area is 144 Å². The molecule has 2 aromatic rings. The van der Waals surface area contributed by atoms with Gasteiger partial charge in [-0.3, -0.25) is 9.59 Å². The Morgan fingerprint density at radius 2 is 2.12 bits per heavy atom. The molecule has 6 nitrogen and oxygen atoms in total. The number of nitrogens with zero attached hydrogens (tertiary/aromatic N) is 2. The van der Waals surface area contributed by atoms with Crippen LogP contribution in [-0.2, 0) is 9.59 Å². The first kappa shape index (κ1) is 17.8. The topological polar surface area (TPSA) is 75.4 Å². The van der Waals surface area contributed by atoms with Crippen LogP contribution in [0.3, 0.4) is 0 Å². The average Bonchev–Trinajstić information content (AvgIpc) is 2.98. The van der Waals surface area contributed by atoms with Crippen LogP contribution in [0.25, 0.3) is 0 Å². The second-order valence-corrected chi connectivity index (χ2v) is 6.08. The lowest BCUT2D eigenvalue weighted by Crippen LogP contribution is -2.39. The smallest absolute Gasteiger partial charge is 0.245 e. The van der Waals surface area contributed by atoms with Gasteiger partial charge < -0.3 is 14.7 Å². The third-order valence-corrected chi connectivity index (χ3v) is 4.03. The highest BCUT2D eigenvalue weighted by Crippen LogP contribution is 2.17. The summed E-state index contributed by atoms with van der Waals surface area (Å²) in [6.07, 6.45) is 1.60. The van der Waals surface area contributed by atoms with Gasteiger partial charge in [-0.1, -0.05) is 29.4 Å². The molecule has 1 aromatic carbocycles. The molecule has 0 spiro atoms. The molecule has 0 saturated carbocycles. The van der Waals surface area contributed by atoms with Crippen molar-refractivity contribution in [2.45, 2.75) is 11.8 Å². The number of aromatic nitrogens is 1. The fourth-order valence-electron chi connectivity index (χ4n) is 1.94. The highest BCUT2D eigenvalue weighted by Gasteiger charge is 2.17. The fraction of sp³-hybridized carbons (Fsp3) is 0.235. The van der Waals surface area contributed by atoms with Crippen LogP contribution in [0.2, 0.25) is 0 Å². The van der Waals surface area contributed by atoms with E-state index in [1.54, 1.807) is 19.1 Å². The highest BCUT2D eigenvalue weighted by molar-refractivity contribution is 8.00. The lowest BCUT2D eigenvalue weighted by Gasteiger charge is -2.20. The summed E-state index contributed by atoms with van der Waals surface area (Å²) in [7, 11) is 0. The molecule has 1 N–H and O–H groups in total. The maximum absolute atomic E-state index is 12.3.